The number of hydrogen-bond acceptors (Lipinski definition) is 4. The maximum atomic E-state index is 5.41. The molecular formula is C4H8BrN3S2. The summed E-state index contributed by atoms with van der Waals surface area (Å²) >= 11 is 0. The van der Waals surface area contributed by atoms with E-state index in [0.29, 0.717) is 5.13 Å². The molecule has 1 aromatic rings. The molecule has 0 amide bonds. The van der Waals surface area contributed by atoms with Gasteiger partial charge in [-0.2, -0.15) is 0 Å². The summed E-state index contributed by atoms with van der Waals surface area (Å²) in [7, 11) is 6.99. The standard InChI is InChI=1S/C4H7N3S2.BrH/c1-7(2)4-6-3(5)8-9-4;/h5H,1-2H3;1H. The van der Waals surface area contributed by atoms with Crippen molar-refractivity contribution in [3.63, 3.8) is 0 Å². The summed E-state index contributed by atoms with van der Waals surface area (Å²) in [5.41, 5.74) is 5.41. The summed E-state index contributed by atoms with van der Waals surface area (Å²) in [5.74, 6) is 0. The van der Waals surface area contributed by atoms with Gasteiger partial charge in [0, 0.05) is 15.3 Å². The molecule has 10 heavy (non-hydrogen) atoms. The van der Waals surface area contributed by atoms with Crippen molar-refractivity contribution < 1.29 is 17.0 Å². The predicted octanol–water partition coefficient (Wildman–Crippen LogP) is -3.18. The highest BCUT2D eigenvalue weighted by Crippen LogP contribution is 2.05. The van der Waals surface area contributed by atoms with E-state index in [0.717, 1.165) is 4.80 Å². The van der Waals surface area contributed by atoms with Crippen molar-refractivity contribution in [3.05, 3.63) is 4.80 Å². The Hall–Kier alpha value is 0.0600. The van der Waals surface area contributed by atoms with Crippen molar-refractivity contribution in [2.75, 3.05) is 19.8 Å². The van der Waals surface area contributed by atoms with Gasteiger partial charge in [0.15, 0.2) is 0 Å². The lowest BCUT2D eigenvalue weighted by Crippen LogP contribution is -3.00. The normalized spacial score (nSPS) is 8.60. The van der Waals surface area contributed by atoms with Crippen LogP contribution < -0.4 is 32.1 Å². The Balaban J connectivity index is 0.000000810. The van der Waals surface area contributed by atoms with Crippen LogP contribution in [0.3, 0.4) is 0 Å². The Kier molecular flexibility index (Phi) is 4.07. The van der Waals surface area contributed by atoms with Gasteiger partial charge in [0.05, 0.1) is 14.1 Å². The number of halogens is 1. The molecule has 0 atom stereocenters. The zero-order valence-electron chi connectivity index (χ0n) is 5.67. The van der Waals surface area contributed by atoms with Crippen LogP contribution >= 0.6 is 20.7 Å². The van der Waals surface area contributed by atoms with E-state index in [2.05, 4.69) is 4.98 Å². The number of hydrogen-bond donors (Lipinski definition) is 1. The van der Waals surface area contributed by atoms with Crippen LogP contribution in [0.15, 0.2) is 0 Å². The zero-order chi connectivity index (χ0) is 6.85. The summed E-state index contributed by atoms with van der Waals surface area (Å²) in [6.45, 7) is 0. The molecule has 1 heterocycles. The topological polar surface area (TPSA) is 41.9 Å². The van der Waals surface area contributed by atoms with Gasteiger partial charge in [-0.3, -0.25) is 4.58 Å². The molecule has 0 unspecified atom stereocenters. The van der Waals surface area contributed by atoms with Gasteiger partial charge in [-0.25, -0.2) is 0 Å². The van der Waals surface area contributed by atoms with Crippen LogP contribution in [0.2, 0.25) is 0 Å². The highest BCUT2D eigenvalue weighted by molar-refractivity contribution is 7.69. The smallest absolute Gasteiger partial charge is 0.390 e. The average Bonchev–Trinajstić information content (AvgIpc) is 2.14. The molecule has 6 heteroatoms. The van der Waals surface area contributed by atoms with Crippen LogP contribution in [-0.2, 0) is 0 Å². The molecule has 0 bridgehead atoms. The second-order valence-corrected chi connectivity index (χ2v) is 3.91. The predicted molar refractivity (Wildman–Crippen MR) is 41.5 cm³/mol. The van der Waals surface area contributed by atoms with Gasteiger partial charge in [-0.05, 0) is 10.3 Å². The third kappa shape index (κ3) is 2.36. The van der Waals surface area contributed by atoms with Crippen molar-refractivity contribution in [1.29, 1.82) is 0 Å². The zero-order valence-corrected chi connectivity index (χ0v) is 8.89. The number of nitrogens with two attached hydrogens (primary N) is 1. The lowest BCUT2D eigenvalue weighted by atomic mass is 11.1. The van der Waals surface area contributed by atoms with Crippen LogP contribution in [0, 0.1) is 0 Å². The molecule has 0 aromatic carbocycles. The van der Waals surface area contributed by atoms with Gasteiger partial charge in [0.1, 0.15) is 0 Å². The largest absolute Gasteiger partial charge is 1.00 e. The number of anilines is 1. The van der Waals surface area contributed by atoms with Gasteiger partial charge in [-0.15, -0.1) is 0 Å². The molecule has 3 nitrogen and oxygen atoms in total. The first-order chi connectivity index (χ1) is 4.20. The van der Waals surface area contributed by atoms with Crippen molar-refractivity contribution in [3.8, 4) is 0 Å². The maximum Gasteiger partial charge on any atom is 0.390 e. The number of nitrogen functional groups attached to an aromatic ring is 1. The van der Waals surface area contributed by atoms with Crippen molar-refractivity contribution >= 4 is 25.8 Å². The average molecular weight is 242 g/mol. The van der Waals surface area contributed by atoms with E-state index in [4.69, 9.17) is 5.73 Å². The van der Waals surface area contributed by atoms with Crippen molar-refractivity contribution in [2.45, 2.75) is 0 Å². The summed E-state index contributed by atoms with van der Waals surface area (Å²) in [5, 5.41) is 0.642. The van der Waals surface area contributed by atoms with E-state index in [9.17, 15) is 0 Å². The monoisotopic (exact) mass is 241 g/mol. The Labute approximate surface area is 77.0 Å². The van der Waals surface area contributed by atoms with E-state index in [1.54, 1.807) is 10.3 Å². The quantitative estimate of drug-likeness (QED) is 0.385. The lowest BCUT2D eigenvalue weighted by Gasteiger charge is -1.75. The highest BCUT2D eigenvalue weighted by Gasteiger charge is 2.00. The fourth-order valence-electron chi connectivity index (χ4n) is 0.386. The molecule has 0 saturated carbocycles. The lowest BCUT2D eigenvalue weighted by molar-refractivity contribution is -0.00000193. The van der Waals surface area contributed by atoms with Crippen LogP contribution in [0.4, 0.5) is 5.13 Å². The molecule has 0 aliphatic heterocycles. The SMILES string of the molecule is C[N+](C)=c1nc(N)ss1.[Br-]. The van der Waals surface area contributed by atoms with Crippen LogP contribution in [0.1, 0.15) is 0 Å². The summed E-state index contributed by atoms with van der Waals surface area (Å²) in [6, 6.07) is 0. The molecular weight excluding hydrogens is 234 g/mol. The molecule has 1 aromatic heterocycles. The van der Waals surface area contributed by atoms with E-state index in [1.807, 2.05) is 18.7 Å². The van der Waals surface area contributed by atoms with Crippen LogP contribution in [-0.4, -0.2) is 19.1 Å². The van der Waals surface area contributed by atoms with Gasteiger partial charge in [-0.1, -0.05) is 0 Å². The first-order valence-electron chi connectivity index (χ1n) is 2.43. The molecule has 0 spiro atoms. The molecule has 1 rings (SSSR count). The van der Waals surface area contributed by atoms with Gasteiger partial charge >= 0.3 is 9.93 Å². The fourth-order valence-corrected chi connectivity index (χ4v) is 2.16. The van der Waals surface area contributed by atoms with Crippen LogP contribution in [0.5, 0.6) is 0 Å². The van der Waals surface area contributed by atoms with E-state index in [-0.39, 0.29) is 17.0 Å². The molecule has 58 valence electrons. The molecule has 2 N–H and O–H groups in total. The maximum absolute atomic E-state index is 5.41. The highest BCUT2D eigenvalue weighted by atomic mass is 79.9. The fraction of sp³-hybridized carbons (Fsp3) is 0.500. The summed E-state index contributed by atoms with van der Waals surface area (Å²) in [4.78, 5) is 5.02. The van der Waals surface area contributed by atoms with E-state index in [1.165, 1.54) is 10.3 Å². The van der Waals surface area contributed by atoms with Gasteiger partial charge in [0.2, 0.25) is 0 Å². The van der Waals surface area contributed by atoms with E-state index < -0.39 is 0 Å². The third-order valence-electron chi connectivity index (χ3n) is 0.790. The van der Waals surface area contributed by atoms with E-state index >= 15 is 0 Å². The second-order valence-electron chi connectivity index (χ2n) is 1.79. The molecule has 0 radical (unpaired) electrons. The Bertz CT molecular complexity index is 259. The third-order valence-corrected chi connectivity index (χ3v) is 2.95. The number of nitrogens with zero attached hydrogens (tertiary/aromatic N) is 2. The van der Waals surface area contributed by atoms with Crippen molar-refractivity contribution in [1.82, 2.24) is 9.56 Å². The number of rotatable bonds is 0. The summed E-state index contributed by atoms with van der Waals surface area (Å²) in [6.07, 6.45) is 0. The first kappa shape index (κ1) is 10.1. The molecule has 0 aliphatic rings. The first-order valence-corrected chi connectivity index (χ1v) is 4.58. The Morgan fingerprint density at radius 1 is 1.40 bits per heavy atom. The minimum Gasteiger partial charge on any atom is -1.00 e. The Morgan fingerprint density at radius 2 is 2.00 bits per heavy atom. The number of aromatic nitrogens is 1. The van der Waals surface area contributed by atoms with Crippen molar-refractivity contribution in [2.24, 2.45) is 0 Å². The minimum atomic E-state index is 0. The Morgan fingerprint density at radius 3 is 2.20 bits per heavy atom. The molecule has 0 fully saturated rings. The van der Waals surface area contributed by atoms with Gasteiger partial charge < -0.3 is 22.7 Å². The molecule has 0 aliphatic carbocycles. The minimum absolute atomic E-state index is 0. The molecule has 0 saturated heterocycles. The van der Waals surface area contributed by atoms with Crippen LogP contribution in [0.25, 0.3) is 0 Å². The van der Waals surface area contributed by atoms with Gasteiger partial charge in [0.25, 0.3) is 0 Å². The second kappa shape index (κ2) is 4.05. The summed E-state index contributed by atoms with van der Waals surface area (Å²) < 4.78 is 1.94.